The van der Waals surface area contributed by atoms with Crippen LogP contribution in [0.4, 0.5) is 11.4 Å². The predicted octanol–water partition coefficient (Wildman–Crippen LogP) is 5.64. The van der Waals surface area contributed by atoms with E-state index >= 15 is 0 Å². The lowest BCUT2D eigenvalue weighted by molar-refractivity contribution is -0.139. The van der Waals surface area contributed by atoms with Crippen molar-refractivity contribution in [3.05, 3.63) is 72.8 Å². The summed E-state index contributed by atoms with van der Waals surface area (Å²) in [6.07, 6.45) is 1.26. The Morgan fingerprint density at radius 2 is 1.56 bits per heavy atom. The second kappa shape index (κ2) is 7.02. The number of ketones is 1. The Morgan fingerprint density at radius 1 is 0.875 bits per heavy atom. The molecule has 2 N–H and O–H groups in total. The maximum atomic E-state index is 13.8. The molecule has 2 bridgehead atoms. The molecule has 2 saturated carbocycles. The zero-order valence-corrected chi connectivity index (χ0v) is 18.6. The fourth-order valence-corrected chi connectivity index (χ4v) is 5.67. The number of nitrogens with zero attached hydrogens (tertiary/aromatic N) is 1. The first-order valence-corrected chi connectivity index (χ1v) is 11.0. The molecule has 2 aliphatic rings. The van der Waals surface area contributed by atoms with Crippen LogP contribution in [0.15, 0.2) is 77.9 Å². The molecule has 162 valence electrons. The number of fused-ring (bicyclic) bond motifs is 3. The molecule has 3 aromatic carbocycles. The molecule has 0 saturated heterocycles. The number of nitrogens with one attached hydrogen (secondary N) is 2. The summed E-state index contributed by atoms with van der Waals surface area (Å²) in [7, 11) is 0. The molecule has 0 spiro atoms. The molecule has 2 atom stereocenters. The normalized spacial score (nSPS) is 27.1. The number of hydrazone groups is 1. The minimum atomic E-state index is -1.14. The van der Waals surface area contributed by atoms with Crippen LogP contribution >= 0.6 is 0 Å². The van der Waals surface area contributed by atoms with E-state index in [-0.39, 0.29) is 11.7 Å². The van der Waals surface area contributed by atoms with Gasteiger partial charge in [-0.05, 0) is 41.8 Å². The summed E-state index contributed by atoms with van der Waals surface area (Å²) in [4.78, 5) is 27.6. The molecule has 0 heterocycles. The molecule has 3 aromatic rings. The number of Topliss-reactive ketones (excluding diaryl/α,β-unsaturated/α-hetero) is 1. The van der Waals surface area contributed by atoms with Crippen LogP contribution in [0.1, 0.15) is 33.6 Å². The van der Waals surface area contributed by atoms with Gasteiger partial charge < -0.3 is 5.32 Å². The molecule has 1 amide bonds. The van der Waals surface area contributed by atoms with Crippen molar-refractivity contribution < 1.29 is 9.59 Å². The van der Waals surface area contributed by atoms with Gasteiger partial charge in [-0.3, -0.25) is 15.0 Å². The maximum absolute atomic E-state index is 13.8. The van der Waals surface area contributed by atoms with E-state index in [9.17, 15) is 9.59 Å². The number of rotatable bonds is 4. The number of hydrogen-bond donors (Lipinski definition) is 2. The van der Waals surface area contributed by atoms with Crippen molar-refractivity contribution >= 4 is 39.5 Å². The molecule has 5 nitrogen and oxygen atoms in total. The third-order valence-corrected chi connectivity index (χ3v) is 8.07. The van der Waals surface area contributed by atoms with Crippen molar-refractivity contribution in [2.24, 2.45) is 21.3 Å². The standard InChI is InChI=1S/C27H27N3O2/c1-25(2)26(3)16-17-27(25,23(31)22(26)30-29-19-12-5-4-6-13-19)24(32)28-21-15-9-11-18-10-7-8-14-20(18)21/h4-15,29H,16-17H2,1-3H3,(H,28,32). The van der Waals surface area contributed by atoms with Gasteiger partial charge >= 0.3 is 0 Å². The summed E-state index contributed by atoms with van der Waals surface area (Å²) in [5, 5.41) is 9.66. The Kier molecular flexibility index (Phi) is 4.48. The van der Waals surface area contributed by atoms with Crippen LogP contribution < -0.4 is 10.7 Å². The van der Waals surface area contributed by atoms with Gasteiger partial charge in [0.15, 0.2) is 5.78 Å². The average Bonchev–Trinajstić information content (AvgIpc) is 3.08. The first kappa shape index (κ1) is 20.4. The Hall–Kier alpha value is -3.47. The van der Waals surface area contributed by atoms with Gasteiger partial charge in [-0.1, -0.05) is 75.4 Å². The van der Waals surface area contributed by atoms with Crippen LogP contribution in [0.5, 0.6) is 0 Å². The van der Waals surface area contributed by atoms with Gasteiger partial charge in [-0.25, -0.2) is 0 Å². The number of benzene rings is 3. The summed E-state index contributed by atoms with van der Waals surface area (Å²) >= 11 is 0. The summed E-state index contributed by atoms with van der Waals surface area (Å²) < 4.78 is 0. The third kappa shape index (κ3) is 2.60. The van der Waals surface area contributed by atoms with Gasteiger partial charge in [0.1, 0.15) is 11.1 Å². The lowest BCUT2D eigenvalue weighted by Gasteiger charge is -2.37. The molecular weight excluding hydrogens is 398 g/mol. The third-order valence-electron chi connectivity index (χ3n) is 8.07. The molecular formula is C27H27N3O2. The van der Waals surface area contributed by atoms with Crippen LogP contribution in [0.25, 0.3) is 10.8 Å². The highest BCUT2D eigenvalue weighted by molar-refractivity contribution is 6.51. The molecule has 2 unspecified atom stereocenters. The van der Waals surface area contributed by atoms with Crippen LogP contribution in [-0.4, -0.2) is 17.4 Å². The number of carbonyl (C=O) groups excluding carboxylic acids is 2. The summed E-state index contributed by atoms with van der Waals surface area (Å²) in [6.45, 7) is 6.13. The average molecular weight is 426 g/mol. The van der Waals surface area contributed by atoms with E-state index in [1.807, 2.05) is 86.6 Å². The summed E-state index contributed by atoms with van der Waals surface area (Å²) in [5.41, 5.74) is 2.84. The highest BCUT2D eigenvalue weighted by Crippen LogP contribution is 2.69. The SMILES string of the molecule is CC12CCC(C(=O)Nc3cccc4ccccc34)(C(=O)C1=NNc1ccccc1)C2(C)C. The van der Waals surface area contributed by atoms with Crippen molar-refractivity contribution in [2.45, 2.75) is 33.6 Å². The van der Waals surface area contributed by atoms with Crippen molar-refractivity contribution in [1.29, 1.82) is 0 Å². The monoisotopic (exact) mass is 425 g/mol. The van der Waals surface area contributed by atoms with Crippen LogP contribution in [0.2, 0.25) is 0 Å². The zero-order valence-electron chi connectivity index (χ0n) is 18.6. The second-order valence-corrected chi connectivity index (χ2v) is 9.61. The predicted molar refractivity (Wildman–Crippen MR) is 129 cm³/mol. The number of anilines is 2. The van der Waals surface area contributed by atoms with E-state index < -0.39 is 16.2 Å². The molecule has 0 radical (unpaired) electrons. The van der Waals surface area contributed by atoms with Gasteiger partial charge in [-0.15, -0.1) is 0 Å². The van der Waals surface area contributed by atoms with Crippen molar-refractivity contribution in [3.63, 3.8) is 0 Å². The van der Waals surface area contributed by atoms with Gasteiger partial charge in [0, 0.05) is 16.5 Å². The van der Waals surface area contributed by atoms with E-state index in [1.54, 1.807) is 0 Å². The first-order chi connectivity index (χ1) is 15.3. The van der Waals surface area contributed by atoms with Crippen molar-refractivity contribution in [2.75, 3.05) is 10.7 Å². The van der Waals surface area contributed by atoms with Crippen molar-refractivity contribution in [1.82, 2.24) is 0 Å². The molecule has 32 heavy (non-hydrogen) atoms. The largest absolute Gasteiger partial charge is 0.325 e. The van der Waals surface area contributed by atoms with E-state index in [2.05, 4.69) is 22.8 Å². The number of para-hydroxylation sites is 1. The van der Waals surface area contributed by atoms with Crippen molar-refractivity contribution in [3.8, 4) is 0 Å². The molecule has 2 aliphatic carbocycles. The van der Waals surface area contributed by atoms with E-state index in [4.69, 9.17) is 0 Å². The fourth-order valence-electron chi connectivity index (χ4n) is 5.67. The van der Waals surface area contributed by atoms with Crippen LogP contribution in [-0.2, 0) is 9.59 Å². The van der Waals surface area contributed by atoms with Crippen LogP contribution in [0.3, 0.4) is 0 Å². The topological polar surface area (TPSA) is 70.6 Å². The summed E-state index contributed by atoms with van der Waals surface area (Å²) in [6, 6.07) is 23.3. The highest BCUT2D eigenvalue weighted by atomic mass is 16.2. The minimum absolute atomic E-state index is 0.169. The fraction of sp³-hybridized carbons (Fsp3) is 0.296. The summed E-state index contributed by atoms with van der Waals surface area (Å²) in [5.74, 6) is -0.407. The Balaban J connectivity index is 1.53. The quantitative estimate of drug-likeness (QED) is 0.420. The second-order valence-electron chi connectivity index (χ2n) is 9.61. The molecule has 5 rings (SSSR count). The van der Waals surface area contributed by atoms with Gasteiger partial charge in [0.2, 0.25) is 5.91 Å². The maximum Gasteiger partial charge on any atom is 0.239 e. The minimum Gasteiger partial charge on any atom is -0.325 e. The lowest BCUT2D eigenvalue weighted by Crippen LogP contribution is -2.47. The molecule has 0 aromatic heterocycles. The Bertz CT molecular complexity index is 1260. The van der Waals surface area contributed by atoms with Crippen LogP contribution in [0, 0.1) is 16.2 Å². The highest BCUT2D eigenvalue weighted by Gasteiger charge is 2.76. The number of hydrogen-bond acceptors (Lipinski definition) is 4. The lowest BCUT2D eigenvalue weighted by atomic mass is 9.64. The molecule has 2 fully saturated rings. The molecule has 5 heteroatoms. The van der Waals surface area contributed by atoms with Gasteiger partial charge in [-0.2, -0.15) is 5.10 Å². The van der Waals surface area contributed by atoms with Gasteiger partial charge in [0.05, 0.1) is 5.69 Å². The molecule has 0 aliphatic heterocycles. The smallest absolute Gasteiger partial charge is 0.239 e. The Labute approximate surface area is 187 Å². The van der Waals surface area contributed by atoms with E-state index in [0.717, 1.165) is 28.6 Å². The van der Waals surface area contributed by atoms with Gasteiger partial charge in [0.25, 0.3) is 0 Å². The first-order valence-electron chi connectivity index (χ1n) is 11.0. The Morgan fingerprint density at radius 3 is 2.34 bits per heavy atom. The number of amides is 1. The van der Waals surface area contributed by atoms with E-state index in [0.29, 0.717) is 12.1 Å². The van der Waals surface area contributed by atoms with E-state index in [1.165, 1.54) is 0 Å². The zero-order chi connectivity index (χ0) is 22.6. The number of carbonyl (C=O) groups is 2.